The Morgan fingerprint density at radius 2 is 1.78 bits per heavy atom. The second kappa shape index (κ2) is 4.99. The zero-order valence-corrected chi connectivity index (χ0v) is 6.99. The van der Waals surface area contributed by atoms with Gasteiger partial charge < -0.3 is 4.89 Å². The summed E-state index contributed by atoms with van der Waals surface area (Å²) in [4.78, 5) is 8.23. The minimum Gasteiger partial charge on any atom is -0.326 e. The molecule has 0 rings (SSSR count). The van der Waals surface area contributed by atoms with Gasteiger partial charge in [0.25, 0.3) is 0 Å². The van der Waals surface area contributed by atoms with Crippen molar-refractivity contribution in [2.75, 3.05) is 18.8 Å². The van der Waals surface area contributed by atoms with Crippen LogP contribution in [0, 0.1) is 0 Å². The van der Waals surface area contributed by atoms with E-state index in [0.717, 1.165) is 0 Å². The molecule has 0 aromatic heterocycles. The van der Waals surface area contributed by atoms with Gasteiger partial charge in [-0.2, -0.15) is 0 Å². The SMILES string of the molecule is CS(C)(C)O[PH](=O)O.[MgH2]. The molecule has 6 heteroatoms. The molecule has 0 aromatic rings. The second-order valence-electron chi connectivity index (χ2n) is 2.07. The summed E-state index contributed by atoms with van der Waals surface area (Å²) in [6.45, 7) is 0. The van der Waals surface area contributed by atoms with E-state index in [1.54, 1.807) is 0 Å². The van der Waals surface area contributed by atoms with E-state index in [0.29, 0.717) is 0 Å². The average molecular weight is 184 g/mol. The Bertz CT molecular complexity index is 102. The summed E-state index contributed by atoms with van der Waals surface area (Å²) in [6.07, 6.45) is 5.43. The molecule has 56 valence electrons. The number of hydrogen-bond acceptors (Lipinski definition) is 2. The maximum atomic E-state index is 10.00. The second-order valence-corrected chi connectivity index (χ2v) is 6.72. The molecule has 0 aliphatic rings. The van der Waals surface area contributed by atoms with Crippen LogP contribution < -0.4 is 0 Å². The monoisotopic (exact) mass is 184 g/mol. The first-order valence-corrected chi connectivity index (χ1v) is 6.07. The van der Waals surface area contributed by atoms with Gasteiger partial charge in [0.1, 0.15) is 0 Å². The van der Waals surface area contributed by atoms with Crippen LogP contribution in [0.4, 0.5) is 0 Å². The van der Waals surface area contributed by atoms with Crippen molar-refractivity contribution in [3.05, 3.63) is 0 Å². The first-order chi connectivity index (χ1) is 3.42. The Balaban J connectivity index is 0. The molecular weight excluding hydrogens is 171 g/mol. The first-order valence-electron chi connectivity index (χ1n) is 2.02. The van der Waals surface area contributed by atoms with Crippen molar-refractivity contribution in [1.29, 1.82) is 0 Å². The maximum Gasteiger partial charge on any atom is 0.326 e. The molecule has 1 atom stereocenters. The van der Waals surface area contributed by atoms with Crippen molar-refractivity contribution in [2.45, 2.75) is 0 Å². The lowest BCUT2D eigenvalue weighted by molar-refractivity contribution is 0.429. The lowest BCUT2D eigenvalue weighted by atomic mass is 11.9. The average Bonchev–Trinajstić information content (AvgIpc) is 1.21. The van der Waals surface area contributed by atoms with Gasteiger partial charge in [0, 0.05) is 0 Å². The molecule has 0 radical (unpaired) electrons. The summed E-state index contributed by atoms with van der Waals surface area (Å²) in [7, 11) is -3.95. The van der Waals surface area contributed by atoms with Crippen LogP contribution in [0.3, 0.4) is 0 Å². The van der Waals surface area contributed by atoms with E-state index < -0.39 is 18.6 Å². The van der Waals surface area contributed by atoms with Crippen molar-refractivity contribution in [2.24, 2.45) is 0 Å². The molecule has 1 unspecified atom stereocenters. The van der Waals surface area contributed by atoms with Crippen molar-refractivity contribution in [3.63, 3.8) is 0 Å². The van der Waals surface area contributed by atoms with E-state index in [-0.39, 0.29) is 23.1 Å². The highest BCUT2D eigenvalue weighted by atomic mass is 32.3. The van der Waals surface area contributed by atoms with Crippen LogP contribution in [0.1, 0.15) is 0 Å². The van der Waals surface area contributed by atoms with Crippen LogP contribution in [0.15, 0.2) is 0 Å². The van der Waals surface area contributed by atoms with Crippen molar-refractivity contribution < 1.29 is 13.4 Å². The highest BCUT2D eigenvalue weighted by Gasteiger charge is 2.05. The van der Waals surface area contributed by atoms with E-state index >= 15 is 0 Å². The van der Waals surface area contributed by atoms with E-state index in [1.165, 1.54) is 0 Å². The van der Waals surface area contributed by atoms with Gasteiger partial charge >= 0.3 is 31.3 Å². The quantitative estimate of drug-likeness (QED) is 0.488. The predicted molar refractivity (Wildman–Crippen MR) is 46.2 cm³/mol. The largest absolute Gasteiger partial charge is 0.326 e. The van der Waals surface area contributed by atoms with Gasteiger partial charge in [-0.15, -0.1) is 10.3 Å². The summed E-state index contributed by atoms with van der Waals surface area (Å²) >= 11 is 0. The van der Waals surface area contributed by atoms with E-state index in [1.807, 2.05) is 18.8 Å². The molecule has 0 aliphatic heterocycles. The topological polar surface area (TPSA) is 46.5 Å². The molecule has 0 fully saturated rings. The molecule has 0 aliphatic carbocycles. The Labute approximate surface area is 73.8 Å². The van der Waals surface area contributed by atoms with Crippen LogP contribution in [0.25, 0.3) is 0 Å². The summed E-state index contributed by atoms with van der Waals surface area (Å²) in [6, 6.07) is 0. The highest BCUT2D eigenvalue weighted by molar-refractivity contribution is 8.29. The van der Waals surface area contributed by atoms with Crippen molar-refractivity contribution in [3.8, 4) is 0 Å². The van der Waals surface area contributed by atoms with Gasteiger partial charge in [-0.3, -0.25) is 8.54 Å². The fraction of sp³-hybridized carbons (Fsp3) is 1.00. The van der Waals surface area contributed by atoms with Gasteiger partial charge in [0.15, 0.2) is 0 Å². The molecule has 0 saturated heterocycles. The minimum atomic E-state index is -2.70. The maximum absolute atomic E-state index is 10.00. The van der Waals surface area contributed by atoms with Crippen LogP contribution in [0.5, 0.6) is 0 Å². The number of rotatable bonds is 2. The standard InChI is InChI=1S/C3H11O3PS.Mg.2H/c1-8(2,3)6-7(4)5;;;/h7H,1-3H3,(H,4,5);;;. The van der Waals surface area contributed by atoms with Crippen molar-refractivity contribution in [1.82, 2.24) is 0 Å². The third-order valence-electron chi connectivity index (χ3n) is 0.321. The van der Waals surface area contributed by atoms with E-state index in [2.05, 4.69) is 3.97 Å². The van der Waals surface area contributed by atoms with Crippen LogP contribution in [0.2, 0.25) is 0 Å². The molecule has 0 amide bonds. The van der Waals surface area contributed by atoms with Crippen LogP contribution in [-0.2, 0) is 8.54 Å². The molecule has 0 spiro atoms. The fourth-order valence-corrected chi connectivity index (χ4v) is 1.92. The third kappa shape index (κ3) is 12.5. The Kier molecular flexibility index (Phi) is 7.15. The Hall–Kier alpha value is 1.27. The zero-order chi connectivity index (χ0) is 6.78. The molecule has 0 aromatic carbocycles. The molecule has 9 heavy (non-hydrogen) atoms. The van der Waals surface area contributed by atoms with Gasteiger partial charge in [-0.25, -0.2) is 0 Å². The third-order valence-corrected chi connectivity index (χ3v) is 2.89. The summed E-state index contributed by atoms with van der Waals surface area (Å²) in [5.74, 6) is 0. The highest BCUT2D eigenvalue weighted by Crippen LogP contribution is 2.44. The van der Waals surface area contributed by atoms with Gasteiger partial charge in [-0.05, 0) is 18.8 Å². The predicted octanol–water partition coefficient (Wildman–Crippen LogP) is 0.0778. The van der Waals surface area contributed by atoms with Crippen molar-refractivity contribution >= 4 is 41.6 Å². The Morgan fingerprint density at radius 3 is 1.78 bits per heavy atom. The first kappa shape index (κ1) is 12.9. The number of hydrogen-bond donors (Lipinski definition) is 1. The van der Waals surface area contributed by atoms with Gasteiger partial charge in [0.05, 0.1) is 0 Å². The van der Waals surface area contributed by atoms with E-state index in [4.69, 9.17) is 4.89 Å². The minimum absolute atomic E-state index is 0. The molecular formula is C3H13MgO3PS. The zero-order valence-electron chi connectivity index (χ0n) is 5.17. The lowest BCUT2D eigenvalue weighted by Gasteiger charge is -2.22. The van der Waals surface area contributed by atoms with Gasteiger partial charge in [0.2, 0.25) is 0 Å². The van der Waals surface area contributed by atoms with Crippen LogP contribution >= 0.6 is 18.6 Å². The summed E-state index contributed by atoms with van der Waals surface area (Å²) < 4.78 is 14.6. The molecule has 1 N–H and O–H groups in total. The summed E-state index contributed by atoms with van der Waals surface area (Å²) in [5.41, 5.74) is 0. The normalized spacial score (nSPS) is 16.0. The fourth-order valence-electron chi connectivity index (χ4n) is 0.214. The molecule has 0 heterocycles. The molecule has 3 nitrogen and oxygen atoms in total. The summed E-state index contributed by atoms with van der Waals surface area (Å²) in [5, 5.41) is 0. The lowest BCUT2D eigenvalue weighted by Crippen LogP contribution is -1.90. The van der Waals surface area contributed by atoms with Gasteiger partial charge in [-0.1, -0.05) is 0 Å². The molecule has 0 saturated carbocycles. The van der Waals surface area contributed by atoms with E-state index in [9.17, 15) is 4.57 Å². The van der Waals surface area contributed by atoms with Crippen LogP contribution in [-0.4, -0.2) is 46.7 Å². The smallest absolute Gasteiger partial charge is 0.326 e. The Morgan fingerprint density at radius 1 is 1.44 bits per heavy atom. The molecule has 0 bridgehead atoms.